The van der Waals surface area contributed by atoms with Crippen LogP contribution >= 0.6 is 0 Å². The van der Waals surface area contributed by atoms with E-state index in [2.05, 4.69) is 48.4 Å². The molecule has 1 saturated carbocycles. The quantitative estimate of drug-likeness (QED) is 0.466. The van der Waals surface area contributed by atoms with Crippen LogP contribution in [-0.2, 0) is 17.6 Å². The van der Waals surface area contributed by atoms with Gasteiger partial charge in [0.2, 0.25) is 11.8 Å². The van der Waals surface area contributed by atoms with E-state index in [1.807, 2.05) is 6.20 Å². The van der Waals surface area contributed by atoms with Crippen LogP contribution in [-0.4, -0.2) is 40.3 Å². The third-order valence-corrected chi connectivity index (χ3v) is 7.21. The number of aromatic nitrogens is 1. The minimum atomic E-state index is -0.907. The van der Waals surface area contributed by atoms with Crippen molar-refractivity contribution < 1.29 is 19.0 Å². The first-order valence-corrected chi connectivity index (χ1v) is 13.1. The molecule has 2 aliphatic rings. The summed E-state index contributed by atoms with van der Waals surface area (Å²) in [6, 6.07) is 5.90. The Hall–Kier alpha value is -2.95. The number of ether oxygens (including phenoxy) is 1. The second kappa shape index (κ2) is 10.8. The van der Waals surface area contributed by atoms with Crippen LogP contribution in [0.25, 0.3) is 0 Å². The van der Waals surface area contributed by atoms with Gasteiger partial charge in [-0.1, -0.05) is 26.7 Å². The molecule has 2 aromatic rings. The first kappa shape index (κ1) is 27.1. The van der Waals surface area contributed by atoms with Gasteiger partial charge >= 0.3 is 0 Å². The van der Waals surface area contributed by atoms with Crippen LogP contribution < -0.4 is 15.4 Å². The minimum Gasteiger partial charge on any atom is -0.471 e. The van der Waals surface area contributed by atoms with Gasteiger partial charge in [0.1, 0.15) is 11.4 Å². The summed E-state index contributed by atoms with van der Waals surface area (Å²) in [4.78, 5) is 16.6. The molecule has 0 unspecified atom stereocenters. The number of carbonyl (C=O) groups is 1. The first-order chi connectivity index (χ1) is 17.4. The zero-order valence-corrected chi connectivity index (χ0v) is 22.2. The highest BCUT2D eigenvalue weighted by atomic mass is 19.1. The second-order valence-corrected chi connectivity index (χ2v) is 11.8. The average molecular weight is 508 g/mol. The van der Waals surface area contributed by atoms with E-state index in [1.165, 1.54) is 19.1 Å². The van der Waals surface area contributed by atoms with Crippen LogP contribution in [0.5, 0.6) is 5.88 Å². The summed E-state index contributed by atoms with van der Waals surface area (Å²) in [6.45, 7) is 8.25. The number of pyridine rings is 1. The number of aliphatic hydroxyl groups is 1. The maximum absolute atomic E-state index is 14.0. The summed E-state index contributed by atoms with van der Waals surface area (Å²) in [6.07, 6.45) is 11.5. The van der Waals surface area contributed by atoms with Crippen LogP contribution in [0.3, 0.4) is 0 Å². The lowest BCUT2D eigenvalue weighted by atomic mass is 9.73. The SMILES string of the molecule is C#Cc1cc(F)cc(C[C@H](NC(C)=O)[C@@H](O)CN[C@H]2CC3(CCC3)Oc3ncc(CC(C)(C)C)cc32)c1. The van der Waals surface area contributed by atoms with Gasteiger partial charge in [-0.05, 0) is 72.9 Å². The van der Waals surface area contributed by atoms with Gasteiger partial charge in [-0.2, -0.15) is 0 Å². The van der Waals surface area contributed by atoms with E-state index in [1.54, 1.807) is 6.07 Å². The highest BCUT2D eigenvalue weighted by Crippen LogP contribution is 2.48. The van der Waals surface area contributed by atoms with Crippen molar-refractivity contribution in [3.05, 3.63) is 58.5 Å². The minimum absolute atomic E-state index is 0.0358. The summed E-state index contributed by atoms with van der Waals surface area (Å²) in [7, 11) is 0. The standard InChI is InChI=1S/C30H38FN3O3/c1-6-20-10-21(12-23(31)11-20)14-25(34-19(2)35)27(36)18-32-26-16-30(8-7-9-30)37-28-24(26)13-22(17-33-28)15-29(3,4)5/h1,10-13,17,25-27,32,36H,7-9,14-16,18H2,2-5H3,(H,34,35)/t25-,26-,27-/m0/s1. The molecule has 4 rings (SSSR count). The number of terminal acetylenes is 1. The second-order valence-electron chi connectivity index (χ2n) is 11.8. The van der Waals surface area contributed by atoms with E-state index in [4.69, 9.17) is 11.2 Å². The fourth-order valence-electron chi connectivity index (χ4n) is 5.40. The van der Waals surface area contributed by atoms with Gasteiger partial charge < -0.3 is 20.5 Å². The summed E-state index contributed by atoms with van der Waals surface area (Å²) in [5.41, 5.74) is 3.11. The lowest BCUT2D eigenvalue weighted by Crippen LogP contribution is -2.52. The van der Waals surface area contributed by atoms with Gasteiger partial charge in [0.05, 0.1) is 12.1 Å². The van der Waals surface area contributed by atoms with Crippen molar-refractivity contribution in [2.24, 2.45) is 5.41 Å². The fourth-order valence-corrected chi connectivity index (χ4v) is 5.40. The van der Waals surface area contributed by atoms with Gasteiger partial charge in [0.25, 0.3) is 0 Å². The fraction of sp³-hybridized carbons (Fsp3) is 0.533. The van der Waals surface area contributed by atoms with E-state index in [-0.39, 0.29) is 35.9 Å². The molecule has 2 heterocycles. The molecule has 6 nitrogen and oxygen atoms in total. The summed E-state index contributed by atoms with van der Waals surface area (Å²) >= 11 is 0. The Kier molecular flexibility index (Phi) is 7.91. The number of amides is 1. The molecule has 0 saturated heterocycles. The number of rotatable bonds is 8. The van der Waals surface area contributed by atoms with E-state index in [0.29, 0.717) is 17.0 Å². The Balaban J connectivity index is 1.52. The molecule has 3 N–H and O–H groups in total. The molecular weight excluding hydrogens is 469 g/mol. The molecule has 1 spiro atoms. The average Bonchev–Trinajstić information content (AvgIpc) is 2.79. The van der Waals surface area contributed by atoms with Crippen LogP contribution in [0.4, 0.5) is 4.39 Å². The number of nitrogens with zero attached hydrogens (tertiary/aromatic N) is 1. The zero-order valence-electron chi connectivity index (χ0n) is 22.2. The van der Waals surface area contributed by atoms with Crippen molar-refractivity contribution in [3.63, 3.8) is 0 Å². The smallest absolute Gasteiger partial charge is 0.218 e. The lowest BCUT2D eigenvalue weighted by Gasteiger charge is -2.47. The van der Waals surface area contributed by atoms with Gasteiger partial charge in [-0.15, -0.1) is 6.42 Å². The maximum Gasteiger partial charge on any atom is 0.218 e. The van der Waals surface area contributed by atoms with Crippen molar-refractivity contribution in [3.8, 4) is 18.2 Å². The Labute approximate surface area is 219 Å². The van der Waals surface area contributed by atoms with Crippen molar-refractivity contribution >= 4 is 5.91 Å². The molecule has 0 bridgehead atoms. The number of benzene rings is 1. The Morgan fingerprint density at radius 2 is 2.05 bits per heavy atom. The molecular formula is C30H38FN3O3. The van der Waals surface area contributed by atoms with Crippen molar-refractivity contribution in [2.45, 2.75) is 90.0 Å². The van der Waals surface area contributed by atoms with E-state index < -0.39 is 18.0 Å². The molecule has 37 heavy (non-hydrogen) atoms. The molecule has 198 valence electrons. The molecule has 1 aliphatic carbocycles. The Morgan fingerprint density at radius 3 is 2.68 bits per heavy atom. The van der Waals surface area contributed by atoms with Gasteiger partial charge in [0, 0.05) is 43.3 Å². The number of nitrogens with one attached hydrogen (secondary N) is 2. The third kappa shape index (κ3) is 6.88. The molecule has 1 fully saturated rings. The van der Waals surface area contributed by atoms with E-state index in [9.17, 15) is 14.3 Å². The first-order valence-electron chi connectivity index (χ1n) is 13.1. The van der Waals surface area contributed by atoms with E-state index in [0.717, 1.165) is 43.2 Å². The molecule has 3 atom stereocenters. The van der Waals surface area contributed by atoms with Crippen molar-refractivity contribution in [2.75, 3.05) is 6.54 Å². The third-order valence-electron chi connectivity index (χ3n) is 7.21. The van der Waals surface area contributed by atoms with Crippen LogP contribution in [0.1, 0.15) is 81.7 Å². The number of hydrogen-bond donors (Lipinski definition) is 3. The number of halogens is 1. The Morgan fingerprint density at radius 1 is 1.30 bits per heavy atom. The number of hydrogen-bond acceptors (Lipinski definition) is 5. The molecule has 1 amide bonds. The predicted molar refractivity (Wildman–Crippen MR) is 142 cm³/mol. The van der Waals surface area contributed by atoms with Gasteiger partial charge in [0.15, 0.2) is 0 Å². The topological polar surface area (TPSA) is 83.5 Å². The number of aliphatic hydroxyl groups excluding tert-OH is 1. The van der Waals surface area contributed by atoms with Crippen molar-refractivity contribution in [1.82, 2.24) is 15.6 Å². The normalized spacial score (nSPS) is 19.6. The van der Waals surface area contributed by atoms with Crippen LogP contribution in [0, 0.1) is 23.6 Å². The van der Waals surface area contributed by atoms with E-state index >= 15 is 0 Å². The summed E-state index contributed by atoms with van der Waals surface area (Å²) < 4.78 is 20.4. The highest BCUT2D eigenvalue weighted by molar-refractivity contribution is 5.73. The summed E-state index contributed by atoms with van der Waals surface area (Å²) in [5.74, 6) is 2.40. The number of carbonyl (C=O) groups excluding carboxylic acids is 1. The highest BCUT2D eigenvalue weighted by Gasteiger charge is 2.46. The van der Waals surface area contributed by atoms with Crippen LogP contribution in [0.15, 0.2) is 30.5 Å². The largest absolute Gasteiger partial charge is 0.471 e. The van der Waals surface area contributed by atoms with Crippen LogP contribution in [0.2, 0.25) is 0 Å². The monoisotopic (exact) mass is 507 g/mol. The lowest BCUT2D eigenvalue weighted by molar-refractivity contribution is -0.120. The molecule has 1 aromatic heterocycles. The number of fused-ring (bicyclic) bond motifs is 1. The molecule has 1 aliphatic heterocycles. The Bertz CT molecular complexity index is 1180. The molecule has 1 aromatic carbocycles. The van der Waals surface area contributed by atoms with Crippen molar-refractivity contribution in [1.29, 1.82) is 0 Å². The predicted octanol–water partition coefficient (Wildman–Crippen LogP) is 4.23. The van der Waals surface area contributed by atoms with Gasteiger partial charge in [-0.25, -0.2) is 9.37 Å². The summed E-state index contributed by atoms with van der Waals surface area (Å²) in [5, 5.41) is 17.5. The maximum atomic E-state index is 14.0. The van der Waals surface area contributed by atoms with Gasteiger partial charge in [-0.3, -0.25) is 4.79 Å². The zero-order chi connectivity index (χ0) is 26.8. The molecule has 7 heteroatoms. The molecule has 0 radical (unpaired) electrons.